The fourth-order valence-corrected chi connectivity index (χ4v) is 4.26. The molecule has 8 nitrogen and oxygen atoms in total. The molecule has 31 heavy (non-hydrogen) atoms. The maximum absolute atomic E-state index is 12.6. The molecule has 0 spiro atoms. The first-order valence-corrected chi connectivity index (χ1v) is 10.6. The number of hydrogen-bond donors (Lipinski definition) is 1. The van der Waals surface area contributed by atoms with E-state index in [0.717, 1.165) is 59.7 Å². The third-order valence-corrected chi connectivity index (χ3v) is 5.64. The van der Waals surface area contributed by atoms with Gasteiger partial charge in [-0.15, -0.1) is 5.10 Å². The predicted molar refractivity (Wildman–Crippen MR) is 120 cm³/mol. The summed E-state index contributed by atoms with van der Waals surface area (Å²) >= 11 is 0. The minimum absolute atomic E-state index is 0.0568. The predicted octanol–water partition coefficient (Wildman–Crippen LogP) is 2.76. The third kappa shape index (κ3) is 4.42. The summed E-state index contributed by atoms with van der Waals surface area (Å²) < 4.78 is 13.0. The number of amides is 1. The summed E-state index contributed by atoms with van der Waals surface area (Å²) in [4.78, 5) is 19.4. The van der Waals surface area contributed by atoms with Crippen LogP contribution in [0.2, 0.25) is 0 Å². The molecule has 1 unspecified atom stereocenters. The topological polar surface area (TPSA) is 81.5 Å². The number of pyridine rings is 1. The second kappa shape index (κ2) is 8.83. The third-order valence-electron chi connectivity index (χ3n) is 5.64. The Morgan fingerprint density at radius 3 is 2.90 bits per heavy atom. The van der Waals surface area contributed by atoms with Gasteiger partial charge in [0, 0.05) is 31.9 Å². The van der Waals surface area contributed by atoms with Gasteiger partial charge in [-0.2, -0.15) is 0 Å². The Morgan fingerprint density at radius 2 is 2.10 bits per heavy atom. The van der Waals surface area contributed by atoms with Gasteiger partial charge in [0.25, 0.3) is 5.91 Å². The molecule has 164 valence electrons. The minimum Gasteiger partial charge on any atom is -0.495 e. The Kier molecular flexibility index (Phi) is 5.97. The normalized spacial score (nSPS) is 16.4. The second-order valence-electron chi connectivity index (χ2n) is 8.02. The lowest BCUT2D eigenvalue weighted by Crippen LogP contribution is -2.49. The van der Waals surface area contributed by atoms with E-state index < -0.39 is 0 Å². The smallest absolute Gasteiger partial charge is 0.258 e. The van der Waals surface area contributed by atoms with Crippen molar-refractivity contribution in [2.75, 3.05) is 31.7 Å². The first-order chi connectivity index (χ1) is 15.0. The molecule has 1 aromatic carbocycles. The number of anilines is 1. The molecule has 8 heteroatoms. The minimum atomic E-state index is -0.150. The molecule has 1 aliphatic heterocycles. The number of rotatable bonds is 6. The first kappa shape index (κ1) is 21.0. The van der Waals surface area contributed by atoms with Crippen LogP contribution in [0.15, 0.2) is 30.3 Å². The van der Waals surface area contributed by atoms with E-state index in [1.54, 1.807) is 11.8 Å². The molecule has 3 heterocycles. The van der Waals surface area contributed by atoms with Crippen molar-refractivity contribution in [2.45, 2.75) is 32.7 Å². The molecule has 1 N–H and O–H groups in total. The lowest BCUT2D eigenvalue weighted by molar-refractivity contribution is -0.123. The first-order valence-electron chi connectivity index (χ1n) is 10.6. The number of aromatic nitrogens is 3. The molecule has 4 rings (SSSR count). The highest BCUT2D eigenvalue weighted by Crippen LogP contribution is 2.30. The average Bonchev–Trinajstić information content (AvgIpc) is 3.08. The van der Waals surface area contributed by atoms with Crippen LogP contribution >= 0.6 is 0 Å². The number of carbonyl (C=O) groups excluding carboxylic acids is 1. The van der Waals surface area contributed by atoms with Crippen LogP contribution in [-0.4, -0.2) is 53.5 Å². The maximum Gasteiger partial charge on any atom is 0.258 e. The van der Waals surface area contributed by atoms with E-state index in [1.165, 1.54) is 0 Å². The highest BCUT2D eigenvalue weighted by Gasteiger charge is 2.24. The molecule has 0 aliphatic carbocycles. The van der Waals surface area contributed by atoms with E-state index in [4.69, 9.17) is 9.47 Å². The largest absolute Gasteiger partial charge is 0.495 e. The van der Waals surface area contributed by atoms with Crippen molar-refractivity contribution in [2.24, 2.45) is 7.05 Å². The Morgan fingerprint density at radius 1 is 1.29 bits per heavy atom. The summed E-state index contributed by atoms with van der Waals surface area (Å²) in [5, 5.41) is 8.37. The molecular formula is C23H29N5O3. The number of aryl methyl sites for hydroxylation is 3. The van der Waals surface area contributed by atoms with E-state index in [1.807, 2.05) is 45.2 Å². The van der Waals surface area contributed by atoms with Crippen molar-refractivity contribution in [1.29, 1.82) is 0 Å². The quantitative estimate of drug-likeness (QED) is 0.657. The number of carbonyl (C=O) groups is 1. The summed E-state index contributed by atoms with van der Waals surface area (Å²) in [6.07, 6.45) is 1.94. The van der Waals surface area contributed by atoms with Crippen LogP contribution in [0.5, 0.6) is 11.6 Å². The van der Waals surface area contributed by atoms with Gasteiger partial charge in [0.05, 0.1) is 18.2 Å². The van der Waals surface area contributed by atoms with Crippen molar-refractivity contribution in [3.8, 4) is 11.6 Å². The van der Waals surface area contributed by atoms with Gasteiger partial charge < -0.3 is 19.7 Å². The van der Waals surface area contributed by atoms with Gasteiger partial charge in [-0.3, -0.25) is 4.79 Å². The number of benzene rings is 1. The average molecular weight is 424 g/mol. The van der Waals surface area contributed by atoms with E-state index in [0.29, 0.717) is 5.88 Å². The zero-order valence-electron chi connectivity index (χ0n) is 18.5. The molecule has 1 amide bonds. The number of methoxy groups -OCH3 is 1. The molecule has 2 aromatic heterocycles. The fraction of sp³-hybridized carbons (Fsp3) is 0.435. The number of nitrogens with one attached hydrogen (secondary N) is 1. The molecule has 1 fully saturated rings. The summed E-state index contributed by atoms with van der Waals surface area (Å²) in [6.45, 7) is 5.55. The van der Waals surface area contributed by atoms with Crippen LogP contribution in [0.4, 0.5) is 5.69 Å². The second-order valence-corrected chi connectivity index (χ2v) is 8.02. The monoisotopic (exact) mass is 423 g/mol. The SMILES string of the molecule is COc1ccccc1N1CCCC(NC(=O)COc2nn(C)c3nc(C)cc(C)c23)C1. The van der Waals surface area contributed by atoms with Crippen molar-refractivity contribution in [3.05, 3.63) is 41.6 Å². The molecule has 1 saturated heterocycles. The molecular weight excluding hydrogens is 394 g/mol. The lowest BCUT2D eigenvalue weighted by atomic mass is 10.0. The Hall–Kier alpha value is -3.29. The summed E-state index contributed by atoms with van der Waals surface area (Å²) in [7, 11) is 3.51. The van der Waals surface area contributed by atoms with Crippen LogP contribution in [0.1, 0.15) is 24.1 Å². The van der Waals surface area contributed by atoms with Crippen molar-refractivity contribution >= 4 is 22.6 Å². The standard InChI is InChI=1S/C23H29N5O3/c1-15-12-16(2)24-22-21(15)23(26-27(22)3)31-14-20(29)25-17-8-7-11-28(13-17)18-9-5-6-10-19(18)30-4/h5-6,9-10,12,17H,7-8,11,13-14H2,1-4H3,(H,25,29). The Bertz CT molecular complexity index is 1090. The van der Waals surface area contributed by atoms with Gasteiger partial charge >= 0.3 is 0 Å². The Labute approximate surface area is 182 Å². The van der Waals surface area contributed by atoms with Gasteiger partial charge in [-0.25, -0.2) is 9.67 Å². The molecule has 0 bridgehead atoms. The lowest BCUT2D eigenvalue weighted by Gasteiger charge is -2.35. The zero-order chi connectivity index (χ0) is 22.0. The van der Waals surface area contributed by atoms with Crippen molar-refractivity contribution in [1.82, 2.24) is 20.1 Å². The van der Waals surface area contributed by atoms with E-state index in [-0.39, 0.29) is 18.6 Å². The maximum atomic E-state index is 12.6. The van der Waals surface area contributed by atoms with E-state index in [9.17, 15) is 4.79 Å². The highest BCUT2D eigenvalue weighted by atomic mass is 16.5. The number of piperidine rings is 1. The van der Waals surface area contributed by atoms with Crippen LogP contribution in [-0.2, 0) is 11.8 Å². The van der Waals surface area contributed by atoms with Crippen molar-refractivity contribution in [3.63, 3.8) is 0 Å². The number of para-hydroxylation sites is 2. The van der Waals surface area contributed by atoms with E-state index in [2.05, 4.69) is 26.4 Å². The van der Waals surface area contributed by atoms with Gasteiger partial charge in [-0.1, -0.05) is 12.1 Å². The molecule has 3 aromatic rings. The van der Waals surface area contributed by atoms with E-state index >= 15 is 0 Å². The summed E-state index contributed by atoms with van der Waals surface area (Å²) in [6, 6.07) is 10.0. The molecule has 1 atom stereocenters. The number of nitrogens with zero attached hydrogens (tertiary/aromatic N) is 4. The van der Waals surface area contributed by atoms with Gasteiger partial charge in [-0.05, 0) is 50.5 Å². The summed E-state index contributed by atoms with van der Waals surface area (Å²) in [5.74, 6) is 1.14. The molecule has 0 saturated carbocycles. The molecule has 0 radical (unpaired) electrons. The van der Waals surface area contributed by atoms with Crippen LogP contribution in [0.25, 0.3) is 11.0 Å². The zero-order valence-corrected chi connectivity index (χ0v) is 18.5. The highest BCUT2D eigenvalue weighted by molar-refractivity contribution is 5.85. The van der Waals surface area contributed by atoms with Gasteiger partial charge in [0.1, 0.15) is 5.75 Å². The summed E-state index contributed by atoms with van der Waals surface area (Å²) in [5.41, 5.74) is 3.77. The van der Waals surface area contributed by atoms with Gasteiger partial charge in [0.2, 0.25) is 5.88 Å². The Balaban J connectivity index is 1.39. The van der Waals surface area contributed by atoms with Crippen molar-refractivity contribution < 1.29 is 14.3 Å². The van der Waals surface area contributed by atoms with Crippen LogP contribution < -0.4 is 19.7 Å². The fourth-order valence-electron chi connectivity index (χ4n) is 4.26. The number of hydrogen-bond acceptors (Lipinski definition) is 6. The van der Waals surface area contributed by atoms with Crippen LogP contribution in [0.3, 0.4) is 0 Å². The number of fused-ring (bicyclic) bond motifs is 1. The molecule has 1 aliphatic rings. The number of ether oxygens (including phenoxy) is 2. The van der Waals surface area contributed by atoms with Crippen LogP contribution in [0, 0.1) is 13.8 Å². The van der Waals surface area contributed by atoms with Gasteiger partial charge in [0.15, 0.2) is 12.3 Å².